The molecule has 0 atom stereocenters. The van der Waals surface area contributed by atoms with E-state index in [-0.39, 0.29) is 0 Å². The molecule has 0 aromatic carbocycles. The van der Waals surface area contributed by atoms with Crippen LogP contribution in [-0.4, -0.2) is 106 Å². The fourth-order valence-electron chi connectivity index (χ4n) is 1.46. The SMILES string of the molecule is CO[Si](OC)(OC)O[SiH2][Si](=O)[Si](=O)[Si](=O)[Si](=O)[Si](=O)[Si](=O)[Si](=O)[Si](C)(C)O. The molecule has 0 spiro atoms. The maximum absolute atomic E-state index is 12.2. The van der Waals surface area contributed by atoms with Crippen LogP contribution in [-0.2, 0) is 48.6 Å². The van der Waals surface area contributed by atoms with Crippen molar-refractivity contribution < 1.29 is 53.4 Å². The first-order chi connectivity index (χ1) is 12.3. The summed E-state index contributed by atoms with van der Waals surface area (Å²) < 4.78 is 105. The predicted octanol–water partition coefficient (Wildman–Crippen LogP) is -4.34. The second-order valence-corrected chi connectivity index (χ2v) is 52.5. The Balaban J connectivity index is 5.13. The van der Waals surface area contributed by atoms with Crippen LogP contribution in [0.4, 0.5) is 0 Å². The molecule has 150 valence electrons. The van der Waals surface area contributed by atoms with Crippen LogP contribution in [0.1, 0.15) is 0 Å². The molecule has 0 radical (unpaired) electrons. The van der Waals surface area contributed by atoms with E-state index in [1.807, 2.05) is 0 Å². The molecule has 0 rings (SSSR count). The summed E-state index contributed by atoms with van der Waals surface area (Å²) in [5.74, 6) is 0. The maximum atomic E-state index is 12.2. The molecule has 0 fully saturated rings. The third-order valence-electron chi connectivity index (χ3n) is 2.97. The van der Waals surface area contributed by atoms with Crippen LogP contribution in [0.5, 0.6) is 0 Å². The van der Waals surface area contributed by atoms with Gasteiger partial charge in [-0.25, -0.2) is 0 Å². The van der Waals surface area contributed by atoms with E-state index in [2.05, 4.69) is 0 Å². The molecule has 0 heterocycles. The molecule has 1 N–H and O–H groups in total. The molecule has 0 aliphatic heterocycles. The number of rotatable bonds is 13. The van der Waals surface area contributed by atoms with Crippen molar-refractivity contribution in [1.29, 1.82) is 0 Å². The molecular weight excluding hydrogens is 533 g/mol. The summed E-state index contributed by atoms with van der Waals surface area (Å²) in [5.41, 5.74) is 0. The zero-order chi connectivity index (χ0) is 21.6. The predicted molar refractivity (Wildman–Crippen MR) is 101 cm³/mol. The van der Waals surface area contributed by atoms with E-state index in [0.717, 1.165) is 0 Å². The van der Waals surface area contributed by atoms with Crippen LogP contribution in [0.2, 0.25) is 13.1 Å². The van der Waals surface area contributed by atoms with Crippen LogP contribution >= 0.6 is 0 Å². The highest BCUT2D eigenvalue weighted by atomic mass is 30.0. The summed E-state index contributed by atoms with van der Waals surface area (Å²) in [4.78, 5) is 9.71. The molecule has 0 bridgehead atoms. The fraction of sp³-hybridized carbons (Fsp3) is 1.00. The third kappa shape index (κ3) is 7.72. The Morgan fingerprint density at radius 1 is 0.704 bits per heavy atom. The lowest BCUT2D eigenvalue weighted by molar-refractivity contribution is 0.0534. The van der Waals surface area contributed by atoms with E-state index in [1.165, 1.54) is 34.4 Å². The van der Waals surface area contributed by atoms with Crippen molar-refractivity contribution in [2.75, 3.05) is 21.3 Å². The molecule has 12 nitrogen and oxygen atoms in total. The van der Waals surface area contributed by atoms with Gasteiger partial charge in [-0.1, -0.05) is 0 Å². The smallest absolute Gasteiger partial charge is 0.428 e. The lowest BCUT2D eigenvalue weighted by Crippen LogP contribution is -2.56. The second-order valence-electron chi connectivity index (χ2n) is 5.36. The van der Waals surface area contributed by atoms with Gasteiger partial charge in [0.2, 0.25) is 17.1 Å². The van der Waals surface area contributed by atoms with Gasteiger partial charge in [-0.05, 0) is 13.1 Å². The molecule has 0 saturated heterocycles. The lowest BCUT2D eigenvalue weighted by Gasteiger charge is -2.22. The summed E-state index contributed by atoms with van der Waals surface area (Å²) in [6.45, 7) is 2.46. The second kappa shape index (κ2) is 11.7. The first kappa shape index (κ1) is 27.6. The zero-order valence-corrected chi connectivity index (χ0v) is 25.6. The third-order valence-corrected chi connectivity index (χ3v) is 70.6. The number of hydrogen-bond donors (Lipinski definition) is 1. The summed E-state index contributed by atoms with van der Waals surface area (Å²) >= 11 is 0. The highest BCUT2D eigenvalue weighted by Gasteiger charge is 2.51. The molecule has 0 saturated carbocycles. The van der Waals surface area contributed by atoms with Gasteiger partial charge in [0.25, 0.3) is 0 Å². The topological polar surface area (TPSA) is 177 Å². The van der Waals surface area contributed by atoms with Crippen LogP contribution in [0.25, 0.3) is 0 Å². The quantitative estimate of drug-likeness (QED) is 0.218. The van der Waals surface area contributed by atoms with Crippen molar-refractivity contribution in [3.8, 4) is 0 Å². The van der Waals surface area contributed by atoms with Gasteiger partial charge in [-0.15, -0.1) is 0 Å². The van der Waals surface area contributed by atoms with Crippen LogP contribution in [0, 0.1) is 0 Å². The minimum atomic E-state index is -3.61. The fourth-order valence-corrected chi connectivity index (χ4v) is 93.4. The van der Waals surface area contributed by atoms with Gasteiger partial charge in [0, 0.05) is 21.3 Å². The van der Waals surface area contributed by atoms with Gasteiger partial charge in [-0.3, -0.25) is 0 Å². The molecule has 22 heteroatoms. The highest BCUT2D eigenvalue weighted by Crippen LogP contribution is 2.06. The van der Waals surface area contributed by atoms with Crippen LogP contribution in [0.15, 0.2) is 0 Å². The largest absolute Gasteiger partial charge is 0.667 e. The van der Waals surface area contributed by atoms with Crippen molar-refractivity contribution in [1.82, 2.24) is 0 Å². The van der Waals surface area contributed by atoms with Gasteiger partial charge in [0.1, 0.15) is 0 Å². The Morgan fingerprint density at radius 2 is 1.07 bits per heavy atom. The van der Waals surface area contributed by atoms with Gasteiger partial charge in [0.15, 0.2) is 0 Å². The Kier molecular flexibility index (Phi) is 11.9. The van der Waals surface area contributed by atoms with Crippen molar-refractivity contribution in [2.24, 2.45) is 0 Å². The summed E-state index contributed by atoms with van der Waals surface area (Å²) in [6, 6.07) is 0. The molecule has 0 amide bonds. The Morgan fingerprint density at radius 3 is 1.44 bits per heavy atom. The van der Waals surface area contributed by atoms with E-state index >= 15 is 0 Å². The monoisotopic (exact) mass is 550 g/mol. The maximum Gasteiger partial charge on any atom is 0.667 e. The molecule has 0 unspecified atom stereocenters. The minimum Gasteiger partial charge on any atom is -0.428 e. The first-order valence-corrected chi connectivity index (χ1v) is 31.4. The van der Waals surface area contributed by atoms with Gasteiger partial charge >= 0.3 is 63.1 Å². The van der Waals surface area contributed by atoms with Gasteiger partial charge in [0.05, 0.1) is 0 Å². The molecule has 0 aliphatic carbocycles. The van der Waals surface area contributed by atoms with Crippen molar-refractivity contribution in [3.63, 3.8) is 0 Å². The average Bonchev–Trinajstić information content (AvgIpc) is 2.64. The summed E-state index contributed by atoms with van der Waals surface area (Å²) in [6.07, 6.45) is 0. The Labute approximate surface area is 167 Å². The van der Waals surface area contributed by atoms with E-state index in [1.54, 1.807) is 0 Å². The normalized spacial score (nSPS) is 12.1. The van der Waals surface area contributed by atoms with Crippen molar-refractivity contribution in [3.05, 3.63) is 0 Å². The Hall–Kier alpha value is 0.569. The molecule has 0 aromatic heterocycles. The van der Waals surface area contributed by atoms with Crippen LogP contribution in [0.3, 0.4) is 0 Å². The minimum absolute atomic E-state index is 1.23. The van der Waals surface area contributed by atoms with E-state index < -0.39 is 80.2 Å². The van der Waals surface area contributed by atoms with E-state index in [4.69, 9.17) is 17.4 Å². The molecule has 27 heavy (non-hydrogen) atoms. The Bertz CT molecular complexity index is 683. The zero-order valence-electron chi connectivity index (χ0n) is 15.1. The average molecular weight is 551 g/mol. The highest BCUT2D eigenvalue weighted by molar-refractivity contribution is 7.75. The lowest BCUT2D eigenvalue weighted by atomic mass is 11.8. The first-order valence-electron chi connectivity index (χ1n) is 7.09. The molecule has 0 aromatic rings. The standard InChI is InChI=1S/C5H18O12Si10/c1-14-27(15-2,16-3)17-18-19(6)20(7)21(8)22(9)23(10)24(11)25(12)26(4,5)13/h13H,18H2,1-5H3. The summed E-state index contributed by atoms with van der Waals surface area (Å²) in [5, 5.41) is 0. The number of hydrogen-bond acceptors (Lipinski definition) is 12. The van der Waals surface area contributed by atoms with Gasteiger partial charge in [-0.2, -0.15) is 0 Å². The van der Waals surface area contributed by atoms with Gasteiger partial charge < -0.3 is 53.4 Å². The van der Waals surface area contributed by atoms with E-state index in [9.17, 15) is 36.0 Å². The molecule has 0 aliphatic rings. The van der Waals surface area contributed by atoms with Crippen LogP contribution < -0.4 is 0 Å². The van der Waals surface area contributed by atoms with E-state index in [0.29, 0.717) is 0 Å². The van der Waals surface area contributed by atoms with Crippen molar-refractivity contribution >= 4 is 80.2 Å². The summed E-state index contributed by atoms with van der Waals surface area (Å²) in [7, 11) is -29.0. The van der Waals surface area contributed by atoms with Crippen molar-refractivity contribution in [2.45, 2.75) is 13.1 Å². The molecular formula is C5H18O12Si10.